The molecule has 0 rings (SSSR count). The van der Waals surface area contributed by atoms with Crippen molar-refractivity contribution in [1.82, 2.24) is 0 Å². The molecule has 1 unspecified atom stereocenters. The second kappa shape index (κ2) is 52.7. The molecule has 0 amide bonds. The predicted molar refractivity (Wildman–Crippen MR) is 279 cm³/mol. The van der Waals surface area contributed by atoms with Gasteiger partial charge >= 0.3 is 17.9 Å². The Bertz CT molecular complexity index is 1360. The Morgan fingerprint density at radius 1 is 0.323 bits per heavy atom. The lowest BCUT2D eigenvalue weighted by molar-refractivity contribution is -0.167. The minimum atomic E-state index is -0.819. The zero-order valence-electron chi connectivity index (χ0n) is 42.0. The molecule has 0 heterocycles. The van der Waals surface area contributed by atoms with Gasteiger partial charge in [0.05, 0.1) is 0 Å². The Labute approximate surface area is 400 Å². The quantitative estimate of drug-likeness (QED) is 0.0262. The normalized spacial score (nSPS) is 13.0. The first-order valence-electron chi connectivity index (χ1n) is 26.5. The van der Waals surface area contributed by atoms with Crippen molar-refractivity contribution >= 4 is 17.9 Å². The van der Waals surface area contributed by atoms with Gasteiger partial charge in [-0.3, -0.25) is 14.4 Å². The standard InChI is InChI=1S/C59H96O6/c1-4-7-10-13-16-19-22-25-27-28-29-30-32-34-37-40-43-46-49-52-58(61)64-55-56(54-63-57(60)51-48-45-42-39-36-33-24-21-18-15-12-9-6-3)65-59(62)53-50-47-44-41-38-35-31-26-23-20-17-14-11-8-5-2/h8-9,11-12,14-15,17-18,20-21,23-24,26,31,33,36,39,42,56H,4-7,10,13,16,19,22,25,27-30,32,34-35,37-38,40-41,43-55H2,1-3H3/b11-8-,12-9-,17-14-,18-15-,23-20-,24-21-,31-26-,36-33-,42-39-. The molecule has 0 aromatic carbocycles. The molecule has 0 bridgehead atoms. The van der Waals surface area contributed by atoms with E-state index in [1.807, 2.05) is 79.0 Å². The summed E-state index contributed by atoms with van der Waals surface area (Å²) in [6.45, 7) is 6.27. The molecule has 6 heteroatoms. The molecule has 1 atom stereocenters. The maximum Gasteiger partial charge on any atom is 0.306 e. The molecular weight excluding hydrogens is 805 g/mol. The van der Waals surface area contributed by atoms with Gasteiger partial charge in [0.15, 0.2) is 6.10 Å². The zero-order chi connectivity index (χ0) is 47.2. The fraction of sp³-hybridized carbons (Fsp3) is 0.644. The van der Waals surface area contributed by atoms with E-state index in [4.69, 9.17) is 14.2 Å². The number of ether oxygens (including phenoxy) is 3. The van der Waals surface area contributed by atoms with Gasteiger partial charge in [-0.15, -0.1) is 0 Å². The van der Waals surface area contributed by atoms with Crippen LogP contribution in [-0.4, -0.2) is 37.2 Å². The summed E-state index contributed by atoms with van der Waals surface area (Å²) in [6, 6.07) is 0. The maximum atomic E-state index is 12.8. The Morgan fingerprint density at radius 3 is 1.00 bits per heavy atom. The number of carbonyl (C=O) groups excluding carboxylic acids is 3. The van der Waals surface area contributed by atoms with Gasteiger partial charge in [0.25, 0.3) is 0 Å². The maximum absolute atomic E-state index is 12.8. The van der Waals surface area contributed by atoms with Gasteiger partial charge < -0.3 is 14.2 Å². The Morgan fingerprint density at radius 2 is 0.615 bits per heavy atom. The number of esters is 3. The van der Waals surface area contributed by atoms with Crippen molar-refractivity contribution in [3.63, 3.8) is 0 Å². The smallest absolute Gasteiger partial charge is 0.306 e. The summed E-state index contributed by atoms with van der Waals surface area (Å²) in [5.74, 6) is -1.01. The van der Waals surface area contributed by atoms with Crippen LogP contribution in [0.4, 0.5) is 0 Å². The second-order valence-corrected chi connectivity index (χ2v) is 17.2. The third-order valence-corrected chi connectivity index (χ3v) is 11.0. The Kier molecular flexibility index (Phi) is 49.5. The molecule has 0 saturated heterocycles. The number of hydrogen-bond donors (Lipinski definition) is 0. The summed E-state index contributed by atoms with van der Waals surface area (Å²) in [6.07, 6.45) is 70.9. The Balaban J connectivity index is 4.46. The summed E-state index contributed by atoms with van der Waals surface area (Å²) in [5, 5.41) is 0. The van der Waals surface area contributed by atoms with Gasteiger partial charge in [0.2, 0.25) is 0 Å². The van der Waals surface area contributed by atoms with E-state index in [2.05, 4.69) is 51.2 Å². The molecule has 0 aliphatic rings. The highest BCUT2D eigenvalue weighted by Crippen LogP contribution is 2.16. The van der Waals surface area contributed by atoms with Crippen molar-refractivity contribution in [3.8, 4) is 0 Å². The lowest BCUT2D eigenvalue weighted by atomic mass is 10.0. The molecule has 0 aromatic heterocycles. The molecule has 0 aromatic rings. The van der Waals surface area contributed by atoms with Crippen LogP contribution in [0.15, 0.2) is 109 Å². The van der Waals surface area contributed by atoms with E-state index in [-0.39, 0.29) is 44.0 Å². The average Bonchev–Trinajstić information content (AvgIpc) is 3.30. The minimum absolute atomic E-state index is 0.110. The van der Waals surface area contributed by atoms with E-state index in [9.17, 15) is 14.4 Å². The van der Waals surface area contributed by atoms with E-state index in [0.29, 0.717) is 12.8 Å². The van der Waals surface area contributed by atoms with E-state index in [1.54, 1.807) is 0 Å². The molecule has 0 radical (unpaired) electrons. The summed E-state index contributed by atoms with van der Waals surface area (Å²) in [7, 11) is 0. The third-order valence-electron chi connectivity index (χ3n) is 11.0. The van der Waals surface area contributed by atoms with Crippen LogP contribution in [-0.2, 0) is 28.6 Å². The van der Waals surface area contributed by atoms with Crippen molar-refractivity contribution in [2.24, 2.45) is 0 Å². The predicted octanol–water partition coefficient (Wildman–Crippen LogP) is 17.5. The molecular formula is C59H96O6. The number of allylic oxidation sites excluding steroid dienone is 18. The molecule has 0 spiro atoms. The van der Waals surface area contributed by atoms with Crippen molar-refractivity contribution in [2.75, 3.05) is 13.2 Å². The molecule has 65 heavy (non-hydrogen) atoms. The lowest BCUT2D eigenvalue weighted by Crippen LogP contribution is -2.30. The highest BCUT2D eigenvalue weighted by atomic mass is 16.6. The van der Waals surface area contributed by atoms with Crippen LogP contribution in [0, 0.1) is 0 Å². The number of carbonyl (C=O) groups is 3. The molecule has 0 N–H and O–H groups in total. The Hall–Kier alpha value is -3.93. The number of rotatable bonds is 46. The van der Waals surface area contributed by atoms with Crippen LogP contribution in [0.1, 0.15) is 226 Å². The topological polar surface area (TPSA) is 78.9 Å². The highest BCUT2D eigenvalue weighted by Gasteiger charge is 2.19. The molecule has 368 valence electrons. The van der Waals surface area contributed by atoms with Crippen LogP contribution < -0.4 is 0 Å². The molecule has 0 aliphatic carbocycles. The molecule has 6 nitrogen and oxygen atoms in total. The van der Waals surface area contributed by atoms with Gasteiger partial charge in [-0.2, -0.15) is 0 Å². The van der Waals surface area contributed by atoms with E-state index >= 15 is 0 Å². The SMILES string of the molecule is CC\C=C/C=C\C=C/C=C\C=C/CCCC(=O)OCC(COC(=O)CCCCCCCCCCCCCCCCCCCCC)OC(=O)CCCCCCC\C=C/C=C\C=C/C=C\CC. The van der Waals surface area contributed by atoms with Gasteiger partial charge in [0, 0.05) is 19.3 Å². The lowest BCUT2D eigenvalue weighted by Gasteiger charge is -2.18. The number of unbranched alkanes of at least 4 members (excludes halogenated alkanes) is 24. The summed E-state index contributed by atoms with van der Waals surface area (Å²) in [4.78, 5) is 38.0. The van der Waals surface area contributed by atoms with Crippen molar-refractivity contribution in [2.45, 2.75) is 232 Å². The molecule has 0 aliphatic heterocycles. The highest BCUT2D eigenvalue weighted by molar-refractivity contribution is 5.71. The third kappa shape index (κ3) is 50.9. The van der Waals surface area contributed by atoms with Crippen molar-refractivity contribution in [3.05, 3.63) is 109 Å². The average molecular weight is 901 g/mol. The van der Waals surface area contributed by atoms with E-state index < -0.39 is 6.10 Å². The monoisotopic (exact) mass is 901 g/mol. The van der Waals surface area contributed by atoms with E-state index in [0.717, 1.165) is 77.0 Å². The van der Waals surface area contributed by atoms with Gasteiger partial charge in [-0.05, 0) is 51.4 Å². The first-order chi connectivity index (χ1) is 32.0. The van der Waals surface area contributed by atoms with Gasteiger partial charge in [0.1, 0.15) is 13.2 Å². The largest absolute Gasteiger partial charge is 0.462 e. The van der Waals surface area contributed by atoms with Crippen molar-refractivity contribution < 1.29 is 28.6 Å². The fourth-order valence-electron chi connectivity index (χ4n) is 7.07. The van der Waals surface area contributed by atoms with Crippen LogP contribution >= 0.6 is 0 Å². The van der Waals surface area contributed by atoms with Gasteiger partial charge in [-0.1, -0.05) is 265 Å². The summed E-state index contributed by atoms with van der Waals surface area (Å²) < 4.78 is 16.7. The molecule has 0 fully saturated rings. The second-order valence-electron chi connectivity index (χ2n) is 17.2. The fourth-order valence-corrected chi connectivity index (χ4v) is 7.07. The minimum Gasteiger partial charge on any atom is -0.462 e. The van der Waals surface area contributed by atoms with Gasteiger partial charge in [-0.25, -0.2) is 0 Å². The molecule has 0 saturated carbocycles. The number of hydrogen-bond acceptors (Lipinski definition) is 6. The van der Waals surface area contributed by atoms with Crippen LogP contribution in [0.2, 0.25) is 0 Å². The first-order valence-corrected chi connectivity index (χ1v) is 26.5. The van der Waals surface area contributed by atoms with Crippen LogP contribution in [0.5, 0.6) is 0 Å². The van der Waals surface area contributed by atoms with Crippen molar-refractivity contribution in [1.29, 1.82) is 0 Å². The summed E-state index contributed by atoms with van der Waals surface area (Å²) in [5.41, 5.74) is 0. The summed E-state index contributed by atoms with van der Waals surface area (Å²) >= 11 is 0. The van der Waals surface area contributed by atoms with E-state index in [1.165, 1.54) is 103 Å². The first kappa shape index (κ1) is 61.1. The van der Waals surface area contributed by atoms with Crippen LogP contribution in [0.3, 0.4) is 0 Å². The zero-order valence-corrected chi connectivity index (χ0v) is 42.0. The van der Waals surface area contributed by atoms with Crippen LogP contribution in [0.25, 0.3) is 0 Å².